The third-order valence-corrected chi connectivity index (χ3v) is 3.31. The van der Waals surface area contributed by atoms with Gasteiger partial charge in [0, 0.05) is 39.1 Å². The number of halogens is 1. The summed E-state index contributed by atoms with van der Waals surface area (Å²) in [6, 6.07) is 2.05. The highest BCUT2D eigenvalue weighted by Crippen LogP contribution is 2.13. The van der Waals surface area contributed by atoms with Crippen LogP contribution in [-0.4, -0.2) is 36.1 Å². The van der Waals surface area contributed by atoms with E-state index in [9.17, 15) is 4.79 Å². The number of aromatic nitrogens is 1. The Morgan fingerprint density at radius 1 is 1.22 bits per heavy atom. The molecule has 132 valence electrons. The number of carbonyl (C=O) groups is 1. The standard InChI is InChI=1S/C16H29N5O.HI/c1-6-17-14(22)16(3,4)12-20-15(18-7-2)19-10-13-8-9-21(5)11-13;/h8-9,11H,6-7,10,12H2,1-5H3,(H,17,22)(H2,18,19,20);1H. The van der Waals surface area contributed by atoms with Crippen molar-refractivity contribution < 1.29 is 4.79 Å². The highest BCUT2D eigenvalue weighted by molar-refractivity contribution is 14.0. The zero-order valence-electron chi connectivity index (χ0n) is 14.8. The average Bonchev–Trinajstić information content (AvgIpc) is 2.88. The fourth-order valence-corrected chi connectivity index (χ4v) is 1.95. The summed E-state index contributed by atoms with van der Waals surface area (Å²) >= 11 is 0. The van der Waals surface area contributed by atoms with Crippen LogP contribution in [0.1, 0.15) is 33.3 Å². The summed E-state index contributed by atoms with van der Waals surface area (Å²) in [7, 11) is 1.99. The molecule has 0 bridgehead atoms. The summed E-state index contributed by atoms with van der Waals surface area (Å²) in [4.78, 5) is 16.6. The number of nitrogens with zero attached hydrogens (tertiary/aromatic N) is 2. The Balaban J connectivity index is 0.00000484. The van der Waals surface area contributed by atoms with Crippen LogP contribution in [0.25, 0.3) is 0 Å². The normalized spacial score (nSPS) is 11.6. The van der Waals surface area contributed by atoms with E-state index < -0.39 is 5.41 Å². The van der Waals surface area contributed by atoms with Crippen molar-refractivity contribution >= 4 is 35.8 Å². The molecule has 1 amide bonds. The second kappa shape index (κ2) is 10.5. The number of amides is 1. The Hall–Kier alpha value is -1.25. The third kappa shape index (κ3) is 7.71. The molecule has 0 atom stereocenters. The first-order chi connectivity index (χ1) is 10.4. The summed E-state index contributed by atoms with van der Waals surface area (Å²) in [6.07, 6.45) is 4.05. The lowest BCUT2D eigenvalue weighted by Crippen LogP contribution is -2.47. The molecule has 0 fully saturated rings. The maximum absolute atomic E-state index is 12.0. The van der Waals surface area contributed by atoms with Gasteiger partial charge < -0.3 is 20.5 Å². The predicted octanol–water partition coefficient (Wildman–Crippen LogP) is 1.86. The number of hydrogen-bond acceptors (Lipinski definition) is 2. The quantitative estimate of drug-likeness (QED) is 0.348. The summed E-state index contributed by atoms with van der Waals surface area (Å²) in [6.45, 7) is 10.4. The minimum absolute atomic E-state index is 0. The topological polar surface area (TPSA) is 70.5 Å². The Labute approximate surface area is 156 Å². The van der Waals surface area contributed by atoms with E-state index in [1.54, 1.807) is 0 Å². The summed E-state index contributed by atoms with van der Waals surface area (Å²) in [5, 5.41) is 9.31. The lowest BCUT2D eigenvalue weighted by atomic mass is 9.92. The molecule has 23 heavy (non-hydrogen) atoms. The molecule has 0 radical (unpaired) electrons. The van der Waals surface area contributed by atoms with Crippen LogP contribution in [0.15, 0.2) is 23.5 Å². The molecule has 0 saturated heterocycles. The van der Waals surface area contributed by atoms with Gasteiger partial charge in [-0.1, -0.05) is 0 Å². The monoisotopic (exact) mass is 435 g/mol. The number of nitrogens with one attached hydrogen (secondary N) is 3. The van der Waals surface area contributed by atoms with Gasteiger partial charge in [0.15, 0.2) is 5.96 Å². The van der Waals surface area contributed by atoms with E-state index in [0.717, 1.165) is 18.1 Å². The van der Waals surface area contributed by atoms with E-state index >= 15 is 0 Å². The fourth-order valence-electron chi connectivity index (χ4n) is 1.95. The molecule has 0 aliphatic rings. The first kappa shape index (κ1) is 21.8. The first-order valence-corrected chi connectivity index (χ1v) is 7.80. The van der Waals surface area contributed by atoms with Crippen LogP contribution in [0.5, 0.6) is 0 Å². The van der Waals surface area contributed by atoms with Gasteiger partial charge in [0.2, 0.25) is 5.91 Å². The van der Waals surface area contributed by atoms with Crippen molar-refractivity contribution in [3.05, 3.63) is 24.0 Å². The zero-order valence-corrected chi connectivity index (χ0v) is 17.1. The number of guanidine groups is 1. The van der Waals surface area contributed by atoms with Crippen molar-refractivity contribution in [3.8, 4) is 0 Å². The Morgan fingerprint density at radius 3 is 2.39 bits per heavy atom. The van der Waals surface area contributed by atoms with E-state index in [4.69, 9.17) is 0 Å². The van der Waals surface area contributed by atoms with E-state index in [1.165, 1.54) is 0 Å². The van der Waals surface area contributed by atoms with E-state index in [1.807, 2.05) is 57.8 Å². The van der Waals surface area contributed by atoms with Gasteiger partial charge in [-0.25, -0.2) is 4.99 Å². The first-order valence-electron chi connectivity index (χ1n) is 7.80. The van der Waals surface area contributed by atoms with Crippen molar-refractivity contribution in [2.24, 2.45) is 17.5 Å². The second-order valence-corrected chi connectivity index (χ2v) is 5.98. The Bertz CT molecular complexity index is 510. The van der Waals surface area contributed by atoms with Crippen molar-refractivity contribution in [3.63, 3.8) is 0 Å². The smallest absolute Gasteiger partial charge is 0.227 e. The lowest BCUT2D eigenvalue weighted by molar-refractivity contribution is -0.128. The van der Waals surface area contributed by atoms with Crippen molar-refractivity contribution in [2.75, 3.05) is 19.6 Å². The molecule has 0 saturated carbocycles. The number of aryl methyl sites for hydroxylation is 1. The number of carbonyl (C=O) groups excluding carboxylic acids is 1. The summed E-state index contributed by atoms with van der Waals surface area (Å²) in [5.41, 5.74) is 0.668. The molecular formula is C16H30IN5O. The molecule has 1 rings (SSSR count). The molecule has 6 nitrogen and oxygen atoms in total. The number of rotatable bonds is 7. The number of aliphatic imine (C=N–C) groups is 1. The van der Waals surface area contributed by atoms with Gasteiger partial charge in [-0.3, -0.25) is 4.79 Å². The van der Waals surface area contributed by atoms with Gasteiger partial charge in [-0.2, -0.15) is 0 Å². The van der Waals surface area contributed by atoms with Crippen molar-refractivity contribution in [1.82, 2.24) is 20.5 Å². The molecule has 1 aromatic rings. The van der Waals surface area contributed by atoms with Crippen LogP contribution in [-0.2, 0) is 18.4 Å². The maximum Gasteiger partial charge on any atom is 0.227 e. The molecule has 3 N–H and O–H groups in total. The van der Waals surface area contributed by atoms with Crippen molar-refractivity contribution in [2.45, 2.75) is 34.2 Å². The Kier molecular flexibility index (Phi) is 9.94. The second-order valence-electron chi connectivity index (χ2n) is 5.98. The minimum Gasteiger partial charge on any atom is -0.357 e. The molecule has 7 heteroatoms. The highest BCUT2D eigenvalue weighted by Gasteiger charge is 2.27. The van der Waals surface area contributed by atoms with Crippen molar-refractivity contribution in [1.29, 1.82) is 0 Å². The molecule has 0 spiro atoms. The molecule has 1 heterocycles. The van der Waals surface area contributed by atoms with E-state index in [-0.39, 0.29) is 29.9 Å². The van der Waals surface area contributed by atoms with Gasteiger partial charge in [0.25, 0.3) is 0 Å². The maximum atomic E-state index is 12.0. The Morgan fingerprint density at radius 2 is 1.87 bits per heavy atom. The van der Waals surface area contributed by atoms with Gasteiger partial charge in [-0.15, -0.1) is 24.0 Å². The SMILES string of the molecule is CCNC(=O)C(C)(C)CNC(=NCc1ccn(C)c1)NCC.I. The molecule has 0 unspecified atom stereocenters. The molecule has 0 aromatic carbocycles. The minimum atomic E-state index is -0.487. The van der Waals surface area contributed by atoms with Gasteiger partial charge >= 0.3 is 0 Å². The van der Waals surface area contributed by atoms with Crippen LogP contribution in [0.3, 0.4) is 0 Å². The van der Waals surface area contributed by atoms with Crippen LogP contribution in [0.4, 0.5) is 0 Å². The largest absolute Gasteiger partial charge is 0.357 e. The van der Waals surface area contributed by atoms with Crippen LogP contribution < -0.4 is 16.0 Å². The molecule has 0 aliphatic carbocycles. The predicted molar refractivity (Wildman–Crippen MR) is 106 cm³/mol. The van der Waals surface area contributed by atoms with Crippen LogP contribution in [0.2, 0.25) is 0 Å². The zero-order chi connectivity index (χ0) is 16.6. The summed E-state index contributed by atoms with van der Waals surface area (Å²) < 4.78 is 2.00. The van der Waals surface area contributed by atoms with Gasteiger partial charge in [0.1, 0.15) is 0 Å². The highest BCUT2D eigenvalue weighted by atomic mass is 127. The van der Waals surface area contributed by atoms with E-state index in [0.29, 0.717) is 19.6 Å². The van der Waals surface area contributed by atoms with Crippen LogP contribution in [0, 0.1) is 5.41 Å². The van der Waals surface area contributed by atoms with Gasteiger partial charge in [0.05, 0.1) is 12.0 Å². The fraction of sp³-hybridized carbons (Fsp3) is 0.625. The van der Waals surface area contributed by atoms with Crippen LogP contribution >= 0.6 is 24.0 Å². The lowest BCUT2D eigenvalue weighted by Gasteiger charge is -2.24. The molecular weight excluding hydrogens is 405 g/mol. The molecule has 0 aliphatic heterocycles. The molecule has 1 aromatic heterocycles. The average molecular weight is 435 g/mol. The third-order valence-electron chi connectivity index (χ3n) is 3.31. The number of hydrogen-bond donors (Lipinski definition) is 3. The van der Waals surface area contributed by atoms with Gasteiger partial charge in [-0.05, 0) is 39.3 Å². The van der Waals surface area contributed by atoms with E-state index in [2.05, 4.69) is 20.9 Å². The summed E-state index contributed by atoms with van der Waals surface area (Å²) in [5.74, 6) is 0.769.